The van der Waals surface area contributed by atoms with E-state index in [-0.39, 0.29) is 32.7 Å². The zero-order chi connectivity index (χ0) is 10.3. The van der Waals surface area contributed by atoms with Crippen LogP contribution in [0.15, 0.2) is 43.1 Å². The SMILES string of the molecule is C=C1[N-]C=Cc2nc3ccccc3cc21.[Y]. The largest absolute Gasteiger partial charge is 0.664 e. The van der Waals surface area contributed by atoms with E-state index in [1.54, 1.807) is 6.20 Å². The van der Waals surface area contributed by atoms with Gasteiger partial charge < -0.3 is 5.32 Å². The first-order valence-corrected chi connectivity index (χ1v) is 4.81. The molecule has 0 spiro atoms. The Bertz CT molecular complexity index is 588. The maximum Gasteiger partial charge on any atom is 0.0709 e. The summed E-state index contributed by atoms with van der Waals surface area (Å²) < 4.78 is 0. The molecule has 0 saturated carbocycles. The second-order valence-electron chi connectivity index (χ2n) is 3.51. The van der Waals surface area contributed by atoms with Gasteiger partial charge in [-0.3, -0.25) is 0 Å². The van der Waals surface area contributed by atoms with Crippen molar-refractivity contribution in [1.29, 1.82) is 0 Å². The van der Waals surface area contributed by atoms with Crippen LogP contribution in [0.1, 0.15) is 11.3 Å². The maximum absolute atomic E-state index is 4.56. The average molecular weight is 282 g/mol. The molecule has 2 aromatic rings. The van der Waals surface area contributed by atoms with E-state index in [1.807, 2.05) is 30.3 Å². The van der Waals surface area contributed by atoms with Crippen molar-refractivity contribution < 1.29 is 32.7 Å². The summed E-state index contributed by atoms with van der Waals surface area (Å²) in [5.74, 6) is 0. The fourth-order valence-corrected chi connectivity index (χ4v) is 1.76. The van der Waals surface area contributed by atoms with Crippen molar-refractivity contribution in [2.45, 2.75) is 0 Å². The number of pyridine rings is 1. The molecule has 1 aliphatic rings. The molecule has 2 heterocycles. The minimum absolute atomic E-state index is 0. The molecule has 0 bridgehead atoms. The molecule has 1 aromatic heterocycles. The van der Waals surface area contributed by atoms with Crippen LogP contribution >= 0.6 is 0 Å². The number of benzene rings is 1. The zero-order valence-electron chi connectivity index (χ0n) is 8.72. The molecule has 0 fully saturated rings. The van der Waals surface area contributed by atoms with E-state index in [0.717, 1.165) is 27.9 Å². The Morgan fingerprint density at radius 1 is 1.19 bits per heavy atom. The van der Waals surface area contributed by atoms with Crippen molar-refractivity contribution in [3.8, 4) is 0 Å². The van der Waals surface area contributed by atoms with Crippen LogP contribution in [0.3, 0.4) is 0 Å². The molecule has 0 amide bonds. The summed E-state index contributed by atoms with van der Waals surface area (Å²) in [6, 6.07) is 10.2. The zero-order valence-corrected chi connectivity index (χ0v) is 11.6. The molecule has 0 atom stereocenters. The van der Waals surface area contributed by atoms with Gasteiger partial charge in [-0.1, -0.05) is 24.3 Å². The standard InChI is InChI=1S/C13H9N2.Y/c1-9-11-8-10-4-2-3-5-12(10)15-13(11)6-7-14-9;/h2-8H,1H2;/q-1;. The third-order valence-electron chi connectivity index (χ3n) is 2.53. The first-order valence-electron chi connectivity index (χ1n) is 4.81. The molecule has 1 aliphatic heterocycles. The third kappa shape index (κ3) is 1.83. The molecule has 3 heteroatoms. The van der Waals surface area contributed by atoms with E-state index in [9.17, 15) is 0 Å². The number of rotatable bonds is 0. The second kappa shape index (κ2) is 4.48. The molecule has 0 unspecified atom stereocenters. The molecule has 1 aromatic carbocycles. The Morgan fingerprint density at radius 2 is 2.00 bits per heavy atom. The Kier molecular flexibility index (Phi) is 3.22. The molecule has 0 aliphatic carbocycles. The van der Waals surface area contributed by atoms with Gasteiger partial charge in [-0.15, -0.1) is 12.3 Å². The van der Waals surface area contributed by atoms with Gasteiger partial charge in [0.25, 0.3) is 0 Å². The summed E-state index contributed by atoms with van der Waals surface area (Å²) in [5.41, 5.74) is 3.77. The molecule has 0 N–H and O–H groups in total. The van der Waals surface area contributed by atoms with Gasteiger partial charge in [0.05, 0.1) is 11.2 Å². The van der Waals surface area contributed by atoms with Crippen LogP contribution in [0.25, 0.3) is 28.0 Å². The van der Waals surface area contributed by atoms with E-state index in [0.29, 0.717) is 0 Å². The third-order valence-corrected chi connectivity index (χ3v) is 2.53. The van der Waals surface area contributed by atoms with E-state index < -0.39 is 0 Å². The van der Waals surface area contributed by atoms with E-state index in [1.165, 1.54) is 0 Å². The van der Waals surface area contributed by atoms with Crippen molar-refractivity contribution in [2.24, 2.45) is 0 Å². The summed E-state index contributed by atoms with van der Waals surface area (Å²) in [7, 11) is 0. The van der Waals surface area contributed by atoms with Crippen molar-refractivity contribution in [3.05, 3.63) is 59.7 Å². The number of hydrogen-bond donors (Lipinski definition) is 0. The van der Waals surface area contributed by atoms with Crippen LogP contribution in [0.4, 0.5) is 0 Å². The van der Waals surface area contributed by atoms with Gasteiger partial charge in [-0.2, -0.15) is 6.20 Å². The number of fused-ring (bicyclic) bond motifs is 2. The van der Waals surface area contributed by atoms with Gasteiger partial charge in [0, 0.05) is 38.1 Å². The van der Waals surface area contributed by atoms with Gasteiger partial charge in [0.15, 0.2) is 0 Å². The average Bonchev–Trinajstić information content (AvgIpc) is 2.27. The molecule has 75 valence electrons. The van der Waals surface area contributed by atoms with E-state index >= 15 is 0 Å². The summed E-state index contributed by atoms with van der Waals surface area (Å²) in [5, 5.41) is 5.29. The first kappa shape index (κ1) is 11.5. The topological polar surface area (TPSA) is 27.0 Å². The summed E-state index contributed by atoms with van der Waals surface area (Å²) in [6.07, 6.45) is 3.66. The molecule has 1 radical (unpaired) electrons. The normalized spacial score (nSPS) is 12.9. The van der Waals surface area contributed by atoms with Crippen molar-refractivity contribution in [2.75, 3.05) is 0 Å². The molecule has 2 nitrogen and oxygen atoms in total. The maximum atomic E-state index is 4.56. The predicted molar refractivity (Wildman–Crippen MR) is 63.2 cm³/mol. The minimum Gasteiger partial charge on any atom is -0.664 e. The Labute approximate surface area is 119 Å². The monoisotopic (exact) mass is 282 g/mol. The van der Waals surface area contributed by atoms with Crippen LogP contribution in [0.2, 0.25) is 0 Å². The van der Waals surface area contributed by atoms with Crippen molar-refractivity contribution in [1.82, 2.24) is 4.98 Å². The van der Waals surface area contributed by atoms with Gasteiger partial charge >= 0.3 is 0 Å². The predicted octanol–water partition coefficient (Wildman–Crippen LogP) is 3.56. The van der Waals surface area contributed by atoms with Gasteiger partial charge in [-0.25, -0.2) is 4.98 Å². The first-order chi connectivity index (χ1) is 7.34. The minimum atomic E-state index is 0. The fourth-order valence-electron chi connectivity index (χ4n) is 1.76. The number of nitrogens with zero attached hydrogens (tertiary/aromatic N) is 2. The Hall–Kier alpha value is -0.986. The van der Waals surface area contributed by atoms with Crippen molar-refractivity contribution >= 4 is 22.7 Å². The molecular formula is C13H9N2Y-. The Balaban J connectivity index is 0.000000963. The molecular weight excluding hydrogens is 273 g/mol. The number of para-hydroxylation sites is 1. The smallest absolute Gasteiger partial charge is 0.0709 e. The fraction of sp³-hybridized carbons (Fsp3) is 0. The van der Waals surface area contributed by atoms with E-state index in [2.05, 4.69) is 22.9 Å². The number of aromatic nitrogens is 1. The molecule has 0 saturated heterocycles. The summed E-state index contributed by atoms with van der Waals surface area (Å²) in [6.45, 7) is 3.90. The molecule has 3 rings (SSSR count). The van der Waals surface area contributed by atoms with Crippen molar-refractivity contribution in [3.63, 3.8) is 0 Å². The van der Waals surface area contributed by atoms with Crippen LogP contribution in [0, 0.1) is 0 Å². The number of hydrogen-bond acceptors (Lipinski definition) is 1. The van der Waals surface area contributed by atoms with Crippen LogP contribution in [-0.2, 0) is 32.7 Å². The van der Waals surface area contributed by atoms with Gasteiger partial charge in [0.2, 0.25) is 0 Å². The van der Waals surface area contributed by atoms with Crippen LogP contribution in [-0.4, -0.2) is 4.98 Å². The van der Waals surface area contributed by atoms with Crippen LogP contribution in [0.5, 0.6) is 0 Å². The summed E-state index contributed by atoms with van der Waals surface area (Å²) >= 11 is 0. The van der Waals surface area contributed by atoms with E-state index in [4.69, 9.17) is 0 Å². The Morgan fingerprint density at radius 3 is 2.88 bits per heavy atom. The second-order valence-corrected chi connectivity index (χ2v) is 3.51. The van der Waals surface area contributed by atoms with Crippen LogP contribution < -0.4 is 0 Å². The quantitative estimate of drug-likeness (QED) is 0.725. The van der Waals surface area contributed by atoms with Gasteiger partial charge in [0.1, 0.15) is 0 Å². The van der Waals surface area contributed by atoms with Gasteiger partial charge in [-0.05, 0) is 17.7 Å². The summed E-state index contributed by atoms with van der Waals surface area (Å²) in [4.78, 5) is 4.56. The molecule has 16 heavy (non-hydrogen) atoms.